The third-order valence-corrected chi connectivity index (χ3v) is 6.10. The van der Waals surface area contributed by atoms with Crippen molar-refractivity contribution in [2.24, 2.45) is 7.05 Å². The minimum atomic E-state index is -3.19. The van der Waals surface area contributed by atoms with E-state index >= 15 is 0 Å². The Labute approximate surface area is 145 Å². The van der Waals surface area contributed by atoms with E-state index in [-0.39, 0.29) is 24.0 Å². The van der Waals surface area contributed by atoms with E-state index in [1.54, 1.807) is 47.2 Å². The molecule has 1 atom stereocenters. The molecule has 0 N–H and O–H groups in total. The van der Waals surface area contributed by atoms with Crippen LogP contribution in [0.25, 0.3) is 0 Å². The average molecular weight is 368 g/mol. The quantitative estimate of drug-likeness (QED) is 0.813. The number of hydrogen-bond donors (Lipinski definition) is 0. The predicted octanol–water partition coefficient (Wildman–Crippen LogP) is 1.99. The SMILES string of the molecule is Cc1ccc(Cl)cc1C(=O)N1CCS(=O)(=O)C[C@@H]1c1cnn(C)c1. The van der Waals surface area contributed by atoms with Crippen molar-refractivity contribution in [1.82, 2.24) is 14.7 Å². The van der Waals surface area contributed by atoms with E-state index in [1.807, 2.05) is 6.92 Å². The Hall–Kier alpha value is -1.86. The molecule has 2 aromatic rings. The van der Waals surface area contributed by atoms with Crippen LogP contribution in [0.5, 0.6) is 0 Å². The van der Waals surface area contributed by atoms with Crippen LogP contribution in [0.3, 0.4) is 0 Å². The molecule has 1 aliphatic rings. The molecule has 8 heteroatoms. The summed E-state index contributed by atoms with van der Waals surface area (Å²) in [5.41, 5.74) is 2.02. The molecule has 1 aromatic heterocycles. The minimum Gasteiger partial charge on any atom is -0.329 e. The molecule has 1 aliphatic heterocycles. The summed E-state index contributed by atoms with van der Waals surface area (Å²) in [5.74, 6) is -0.335. The molecule has 2 heterocycles. The highest BCUT2D eigenvalue weighted by Crippen LogP contribution is 2.29. The van der Waals surface area contributed by atoms with Crippen molar-refractivity contribution in [3.63, 3.8) is 0 Å². The Balaban J connectivity index is 2.00. The Morgan fingerprint density at radius 3 is 2.79 bits per heavy atom. The Morgan fingerprint density at radius 1 is 1.38 bits per heavy atom. The summed E-state index contributed by atoms with van der Waals surface area (Å²) in [6, 6.07) is 4.61. The molecule has 0 radical (unpaired) electrons. The van der Waals surface area contributed by atoms with Crippen LogP contribution in [-0.2, 0) is 16.9 Å². The highest BCUT2D eigenvalue weighted by Gasteiger charge is 2.36. The van der Waals surface area contributed by atoms with E-state index in [1.165, 1.54) is 0 Å². The minimum absolute atomic E-state index is 0.0326. The largest absolute Gasteiger partial charge is 0.329 e. The summed E-state index contributed by atoms with van der Waals surface area (Å²) >= 11 is 6.02. The summed E-state index contributed by atoms with van der Waals surface area (Å²) in [6.45, 7) is 2.00. The van der Waals surface area contributed by atoms with Gasteiger partial charge in [0.15, 0.2) is 9.84 Å². The van der Waals surface area contributed by atoms with Crippen molar-refractivity contribution < 1.29 is 13.2 Å². The van der Waals surface area contributed by atoms with Gasteiger partial charge in [0.25, 0.3) is 5.91 Å². The van der Waals surface area contributed by atoms with Gasteiger partial charge in [0, 0.05) is 35.9 Å². The van der Waals surface area contributed by atoms with Crippen LogP contribution in [0.15, 0.2) is 30.6 Å². The van der Waals surface area contributed by atoms with Crippen molar-refractivity contribution in [3.05, 3.63) is 52.3 Å². The number of rotatable bonds is 2. The van der Waals surface area contributed by atoms with Crippen molar-refractivity contribution in [2.45, 2.75) is 13.0 Å². The maximum absolute atomic E-state index is 13.0. The maximum Gasteiger partial charge on any atom is 0.254 e. The first kappa shape index (κ1) is 17.0. The molecule has 1 saturated heterocycles. The standard InChI is InChI=1S/C16H18ClN3O3S/c1-11-3-4-13(17)7-14(11)16(21)20-5-6-24(22,23)10-15(20)12-8-18-19(2)9-12/h3-4,7-9,15H,5-6,10H2,1-2H3/t15-/m1/s1. The molecule has 0 aliphatic carbocycles. The molecule has 3 rings (SSSR count). The van der Waals surface area contributed by atoms with Gasteiger partial charge < -0.3 is 4.90 Å². The number of hydrogen-bond acceptors (Lipinski definition) is 4. The van der Waals surface area contributed by atoms with Gasteiger partial charge in [0.05, 0.1) is 23.7 Å². The van der Waals surface area contributed by atoms with Crippen molar-refractivity contribution in [2.75, 3.05) is 18.1 Å². The average Bonchev–Trinajstić information content (AvgIpc) is 2.95. The molecule has 1 aromatic carbocycles. The number of aromatic nitrogens is 2. The van der Waals surface area contributed by atoms with E-state index in [0.29, 0.717) is 16.1 Å². The number of sulfone groups is 1. The summed E-state index contributed by atoms with van der Waals surface area (Å²) < 4.78 is 25.8. The molecule has 0 spiro atoms. The van der Waals surface area contributed by atoms with Crippen LogP contribution in [0.4, 0.5) is 0 Å². The molecule has 0 unspecified atom stereocenters. The third-order valence-electron chi connectivity index (χ3n) is 4.23. The number of aryl methyl sites for hydroxylation is 2. The predicted molar refractivity (Wildman–Crippen MR) is 91.8 cm³/mol. The van der Waals surface area contributed by atoms with Gasteiger partial charge in [-0.3, -0.25) is 9.48 Å². The lowest BCUT2D eigenvalue weighted by Crippen LogP contribution is -2.46. The second-order valence-electron chi connectivity index (χ2n) is 6.04. The number of carbonyl (C=O) groups excluding carboxylic acids is 1. The molecule has 0 saturated carbocycles. The topological polar surface area (TPSA) is 72.3 Å². The third kappa shape index (κ3) is 3.32. The van der Waals surface area contributed by atoms with Crippen LogP contribution < -0.4 is 0 Å². The van der Waals surface area contributed by atoms with Crippen molar-refractivity contribution in [1.29, 1.82) is 0 Å². The lowest BCUT2D eigenvalue weighted by atomic mass is 10.0. The Bertz CT molecular complexity index is 892. The normalized spacial score (nSPS) is 20.1. The van der Waals surface area contributed by atoms with Crippen LogP contribution in [-0.4, -0.2) is 47.1 Å². The lowest BCUT2D eigenvalue weighted by molar-refractivity contribution is 0.0697. The Morgan fingerprint density at radius 2 is 2.12 bits per heavy atom. The highest BCUT2D eigenvalue weighted by molar-refractivity contribution is 7.91. The van der Waals surface area contributed by atoms with Gasteiger partial charge in [0.1, 0.15) is 0 Å². The summed E-state index contributed by atoms with van der Waals surface area (Å²) in [7, 11) is -1.44. The van der Waals surface area contributed by atoms with Crippen LogP contribution in [0.2, 0.25) is 5.02 Å². The van der Waals surface area contributed by atoms with Gasteiger partial charge in [-0.1, -0.05) is 17.7 Å². The number of nitrogens with zero attached hydrogens (tertiary/aromatic N) is 3. The number of benzene rings is 1. The molecule has 1 amide bonds. The van der Waals surface area contributed by atoms with Gasteiger partial charge >= 0.3 is 0 Å². The Kier molecular flexibility index (Phi) is 4.40. The fourth-order valence-corrected chi connectivity index (χ4v) is 4.59. The smallest absolute Gasteiger partial charge is 0.254 e. The molecule has 1 fully saturated rings. The first-order valence-electron chi connectivity index (χ1n) is 7.53. The molecular formula is C16H18ClN3O3S. The van der Waals surface area contributed by atoms with Gasteiger partial charge in [-0.05, 0) is 24.6 Å². The molecular weight excluding hydrogens is 350 g/mol. The van der Waals surface area contributed by atoms with Crippen molar-refractivity contribution >= 4 is 27.3 Å². The number of amides is 1. The van der Waals surface area contributed by atoms with E-state index in [2.05, 4.69) is 5.10 Å². The van der Waals surface area contributed by atoms with E-state index in [0.717, 1.165) is 5.56 Å². The molecule has 128 valence electrons. The zero-order valence-electron chi connectivity index (χ0n) is 13.4. The zero-order valence-corrected chi connectivity index (χ0v) is 15.0. The lowest BCUT2D eigenvalue weighted by Gasteiger charge is -2.35. The molecule has 6 nitrogen and oxygen atoms in total. The van der Waals surface area contributed by atoms with E-state index in [4.69, 9.17) is 11.6 Å². The first-order valence-corrected chi connectivity index (χ1v) is 9.73. The van der Waals surface area contributed by atoms with Crippen LogP contribution in [0.1, 0.15) is 27.5 Å². The second kappa shape index (κ2) is 6.22. The number of halogens is 1. The van der Waals surface area contributed by atoms with Gasteiger partial charge in [-0.15, -0.1) is 0 Å². The van der Waals surface area contributed by atoms with Crippen LogP contribution >= 0.6 is 11.6 Å². The maximum atomic E-state index is 13.0. The van der Waals surface area contributed by atoms with Gasteiger partial charge in [-0.2, -0.15) is 5.10 Å². The summed E-state index contributed by atoms with van der Waals surface area (Å²) in [5, 5.41) is 4.58. The van der Waals surface area contributed by atoms with Gasteiger partial charge in [-0.25, -0.2) is 8.42 Å². The van der Waals surface area contributed by atoms with E-state index < -0.39 is 15.9 Å². The molecule has 24 heavy (non-hydrogen) atoms. The fourth-order valence-electron chi connectivity index (χ4n) is 2.92. The first-order chi connectivity index (χ1) is 11.3. The summed E-state index contributed by atoms with van der Waals surface area (Å²) in [6.07, 6.45) is 3.35. The fraction of sp³-hybridized carbons (Fsp3) is 0.375. The second-order valence-corrected chi connectivity index (χ2v) is 8.70. The summed E-state index contributed by atoms with van der Waals surface area (Å²) in [4.78, 5) is 14.6. The number of carbonyl (C=O) groups is 1. The highest BCUT2D eigenvalue weighted by atomic mass is 35.5. The van der Waals surface area contributed by atoms with Crippen LogP contribution in [0, 0.1) is 6.92 Å². The molecule has 0 bridgehead atoms. The van der Waals surface area contributed by atoms with Crippen molar-refractivity contribution in [3.8, 4) is 0 Å². The van der Waals surface area contributed by atoms with E-state index in [9.17, 15) is 13.2 Å². The van der Waals surface area contributed by atoms with Gasteiger partial charge in [0.2, 0.25) is 0 Å². The monoisotopic (exact) mass is 367 g/mol. The zero-order chi connectivity index (χ0) is 17.5.